The summed E-state index contributed by atoms with van der Waals surface area (Å²) in [5, 5.41) is 3.45. The Labute approximate surface area is 118 Å². The van der Waals surface area contributed by atoms with E-state index >= 15 is 0 Å². The monoisotopic (exact) mass is 304 g/mol. The quantitative estimate of drug-likeness (QED) is 0.941. The lowest BCUT2D eigenvalue weighted by molar-refractivity contribution is -0.119. The Bertz CT molecular complexity index is 609. The van der Waals surface area contributed by atoms with E-state index in [0.29, 0.717) is 22.0 Å². The molecule has 1 N–H and O–H groups in total. The fraction of sp³-hybridized carbons (Fsp3) is 0.500. The summed E-state index contributed by atoms with van der Waals surface area (Å²) >= 11 is 1.48. The van der Waals surface area contributed by atoms with Gasteiger partial charge in [-0.2, -0.15) is 18.2 Å². The van der Waals surface area contributed by atoms with Crippen LogP contribution >= 0.6 is 11.3 Å². The molecule has 0 fully saturated rings. The van der Waals surface area contributed by atoms with Gasteiger partial charge in [-0.25, -0.2) is 4.98 Å². The van der Waals surface area contributed by atoms with Gasteiger partial charge in [0, 0.05) is 19.0 Å². The van der Waals surface area contributed by atoms with Crippen molar-refractivity contribution < 1.29 is 13.2 Å². The number of anilines is 2. The Morgan fingerprint density at radius 2 is 2.05 bits per heavy atom. The molecule has 110 valence electrons. The molecule has 20 heavy (non-hydrogen) atoms. The van der Waals surface area contributed by atoms with E-state index in [2.05, 4.69) is 15.3 Å². The first-order chi connectivity index (χ1) is 9.34. The number of aromatic nitrogens is 2. The van der Waals surface area contributed by atoms with Crippen LogP contribution in [0.1, 0.15) is 11.8 Å². The van der Waals surface area contributed by atoms with E-state index in [1.807, 2.05) is 13.0 Å². The molecule has 8 heteroatoms. The Kier molecular flexibility index (Phi) is 4.03. The van der Waals surface area contributed by atoms with Gasteiger partial charge in [-0.05, 0) is 12.5 Å². The number of hydrogen-bond donors (Lipinski definition) is 1. The van der Waals surface area contributed by atoms with Gasteiger partial charge in [0.25, 0.3) is 0 Å². The highest BCUT2D eigenvalue weighted by Crippen LogP contribution is 2.33. The number of halogens is 3. The molecule has 0 unspecified atom stereocenters. The Balaban J connectivity index is 2.51. The summed E-state index contributed by atoms with van der Waals surface area (Å²) in [5.41, 5.74) is 0. The third kappa shape index (κ3) is 3.12. The summed E-state index contributed by atoms with van der Waals surface area (Å²) in [6, 6.07) is 1.86. The average Bonchev–Trinajstić information content (AvgIpc) is 2.77. The number of hydrogen-bond acceptors (Lipinski definition) is 5. The number of aryl methyl sites for hydroxylation is 1. The second-order valence-electron chi connectivity index (χ2n) is 4.38. The lowest BCUT2D eigenvalue weighted by Crippen LogP contribution is -2.31. The van der Waals surface area contributed by atoms with Crippen LogP contribution in [0.5, 0.6) is 0 Å². The van der Waals surface area contributed by atoms with Crippen LogP contribution < -0.4 is 10.2 Å². The molecule has 0 amide bonds. The van der Waals surface area contributed by atoms with Gasteiger partial charge in [0.15, 0.2) is 0 Å². The molecule has 0 spiro atoms. The standard InChI is InChI=1S/C12H15F3N4S/c1-4-7-5-8-9(19(3)6-12(13,14)15)17-11(16-2)18-10(8)20-7/h5H,4,6H2,1-3H3,(H,16,17,18). The van der Waals surface area contributed by atoms with Crippen LogP contribution in [0.4, 0.5) is 24.9 Å². The van der Waals surface area contributed by atoms with Gasteiger partial charge in [0.2, 0.25) is 5.95 Å². The topological polar surface area (TPSA) is 41.1 Å². The number of fused-ring (bicyclic) bond motifs is 1. The van der Waals surface area contributed by atoms with Gasteiger partial charge in [-0.1, -0.05) is 6.92 Å². The summed E-state index contributed by atoms with van der Waals surface area (Å²) in [6.45, 7) is 0.954. The third-order valence-electron chi connectivity index (χ3n) is 2.77. The lowest BCUT2D eigenvalue weighted by atomic mass is 10.3. The highest BCUT2D eigenvalue weighted by molar-refractivity contribution is 7.18. The van der Waals surface area contributed by atoms with Crippen molar-refractivity contribution >= 4 is 33.3 Å². The third-order valence-corrected chi connectivity index (χ3v) is 3.95. The van der Waals surface area contributed by atoms with Crippen LogP contribution in [0.2, 0.25) is 0 Å². The van der Waals surface area contributed by atoms with Crippen molar-refractivity contribution in [3.05, 3.63) is 10.9 Å². The minimum Gasteiger partial charge on any atom is -0.357 e. The molecule has 2 heterocycles. The van der Waals surface area contributed by atoms with Gasteiger partial charge >= 0.3 is 6.18 Å². The first-order valence-corrected chi connectivity index (χ1v) is 6.91. The van der Waals surface area contributed by atoms with Crippen molar-refractivity contribution in [3.63, 3.8) is 0 Å². The molecular formula is C12H15F3N4S. The van der Waals surface area contributed by atoms with Crippen molar-refractivity contribution in [2.45, 2.75) is 19.5 Å². The molecule has 0 atom stereocenters. The molecule has 0 aliphatic heterocycles. The summed E-state index contributed by atoms with van der Waals surface area (Å²) in [4.78, 5) is 11.3. The zero-order chi connectivity index (χ0) is 14.9. The molecule has 4 nitrogen and oxygen atoms in total. The van der Waals surface area contributed by atoms with Crippen molar-refractivity contribution in [2.24, 2.45) is 0 Å². The molecule has 0 aliphatic rings. The predicted octanol–water partition coefficient (Wildman–Crippen LogP) is 3.29. The van der Waals surface area contributed by atoms with Crippen molar-refractivity contribution in [1.82, 2.24) is 9.97 Å². The molecule has 0 saturated carbocycles. The first kappa shape index (κ1) is 14.8. The van der Waals surface area contributed by atoms with Gasteiger partial charge in [-0.15, -0.1) is 11.3 Å². The maximum Gasteiger partial charge on any atom is 0.405 e. The van der Waals surface area contributed by atoms with Crippen LogP contribution in [-0.4, -0.2) is 36.8 Å². The van der Waals surface area contributed by atoms with E-state index in [0.717, 1.165) is 16.2 Å². The minimum absolute atomic E-state index is 0.299. The second kappa shape index (κ2) is 5.43. The van der Waals surface area contributed by atoms with Gasteiger partial charge in [-0.3, -0.25) is 0 Å². The smallest absolute Gasteiger partial charge is 0.357 e. The van der Waals surface area contributed by atoms with E-state index in [4.69, 9.17) is 0 Å². The van der Waals surface area contributed by atoms with Crippen LogP contribution in [-0.2, 0) is 6.42 Å². The molecule has 0 saturated heterocycles. The van der Waals surface area contributed by atoms with Gasteiger partial charge in [0.05, 0.1) is 5.39 Å². The van der Waals surface area contributed by atoms with E-state index in [1.54, 1.807) is 7.05 Å². The fourth-order valence-corrected chi connectivity index (χ4v) is 2.84. The van der Waals surface area contributed by atoms with Gasteiger partial charge in [0.1, 0.15) is 17.2 Å². The maximum atomic E-state index is 12.5. The molecule has 0 bridgehead atoms. The predicted molar refractivity (Wildman–Crippen MR) is 75.7 cm³/mol. The molecule has 2 aromatic heterocycles. The zero-order valence-electron chi connectivity index (χ0n) is 11.4. The molecule has 0 aliphatic carbocycles. The Morgan fingerprint density at radius 1 is 1.35 bits per heavy atom. The van der Waals surface area contributed by atoms with Gasteiger partial charge < -0.3 is 10.2 Å². The van der Waals surface area contributed by atoms with Crippen LogP contribution in [0, 0.1) is 0 Å². The molecular weight excluding hydrogens is 289 g/mol. The molecule has 0 aromatic carbocycles. The van der Waals surface area contributed by atoms with E-state index in [1.165, 1.54) is 18.4 Å². The SMILES string of the molecule is CCc1cc2c(N(C)CC(F)(F)F)nc(NC)nc2s1. The first-order valence-electron chi connectivity index (χ1n) is 6.10. The Morgan fingerprint density at radius 3 is 2.60 bits per heavy atom. The maximum absolute atomic E-state index is 12.5. The summed E-state index contributed by atoms with van der Waals surface area (Å²) < 4.78 is 37.6. The second-order valence-corrected chi connectivity index (χ2v) is 5.49. The van der Waals surface area contributed by atoms with Crippen molar-refractivity contribution in [3.8, 4) is 0 Å². The molecule has 0 radical (unpaired) electrons. The summed E-state index contributed by atoms with van der Waals surface area (Å²) in [6.07, 6.45) is -3.45. The summed E-state index contributed by atoms with van der Waals surface area (Å²) in [5.74, 6) is 0.624. The molecule has 2 rings (SSSR count). The fourth-order valence-electron chi connectivity index (χ4n) is 1.88. The number of nitrogens with one attached hydrogen (secondary N) is 1. The van der Waals surface area contributed by atoms with Crippen molar-refractivity contribution in [1.29, 1.82) is 0 Å². The van der Waals surface area contributed by atoms with E-state index in [-0.39, 0.29) is 0 Å². The zero-order valence-corrected chi connectivity index (χ0v) is 12.2. The minimum atomic E-state index is -4.27. The van der Waals surface area contributed by atoms with E-state index < -0.39 is 12.7 Å². The number of nitrogens with zero attached hydrogens (tertiary/aromatic N) is 3. The van der Waals surface area contributed by atoms with Crippen LogP contribution in [0.3, 0.4) is 0 Å². The van der Waals surface area contributed by atoms with Crippen LogP contribution in [0.15, 0.2) is 6.07 Å². The Hall–Kier alpha value is -1.57. The summed E-state index contributed by atoms with van der Waals surface area (Å²) in [7, 11) is 3.03. The van der Waals surface area contributed by atoms with Crippen LogP contribution in [0.25, 0.3) is 10.2 Å². The highest BCUT2D eigenvalue weighted by atomic mass is 32.1. The number of alkyl halides is 3. The molecule has 2 aromatic rings. The lowest BCUT2D eigenvalue weighted by Gasteiger charge is -2.20. The average molecular weight is 304 g/mol. The number of rotatable bonds is 4. The van der Waals surface area contributed by atoms with E-state index in [9.17, 15) is 13.2 Å². The van der Waals surface area contributed by atoms with Crippen molar-refractivity contribution in [2.75, 3.05) is 30.9 Å². The normalized spacial score (nSPS) is 11.9. The largest absolute Gasteiger partial charge is 0.405 e. The number of thiophene rings is 1. The highest BCUT2D eigenvalue weighted by Gasteiger charge is 2.30.